The third kappa shape index (κ3) is 12.5. The Morgan fingerprint density at radius 1 is 0.456 bits per heavy atom. The minimum atomic E-state index is 0.123. The van der Waals surface area contributed by atoms with Crippen molar-refractivity contribution < 1.29 is 0 Å². The Morgan fingerprint density at radius 3 is 1.59 bits per heavy atom. The van der Waals surface area contributed by atoms with Crippen LogP contribution in [0, 0.1) is 0 Å². The highest BCUT2D eigenvalue weighted by molar-refractivity contribution is 7.16. The molecule has 2 aliphatic rings. The Balaban J connectivity index is 0.823. The third-order valence-electron chi connectivity index (χ3n) is 14.6. The lowest BCUT2D eigenvalue weighted by Gasteiger charge is -2.33. The molecule has 0 bridgehead atoms. The van der Waals surface area contributed by atoms with Crippen LogP contribution in [-0.2, 0) is 0 Å². The molecule has 79 heavy (non-hydrogen) atoms. The molecular weight excluding hydrogens is 973 g/mol. The smallest absolute Gasteiger partial charge is 0.0560 e. The standard InChI is InChI=1S/C76H62N2S/c1-3-58(60-20-9-5-10-21-60)26-17-19-57-31-45-70(46-32-57)78(73-51-39-65(40-52-73)64-35-33-63(34-36-64)61-22-11-6-12-23-61)74-53-43-67(44-54-74)66-41-49-72(50-42-66)77(69-28-15-8-16-29-69)71-47-37-62(38-48-71)59(4-2)27-18-30-75-55-56-76(79-75)68-24-13-7-14-25-68/h3-22,24-51,53-56,61,73H,1-2,23,52H2/b19-17+,30-18+,58-26+,59-27+. The van der Waals surface area contributed by atoms with Crippen LogP contribution < -0.4 is 9.80 Å². The average Bonchev–Trinajstić information content (AvgIpc) is 4.03. The summed E-state index contributed by atoms with van der Waals surface area (Å²) in [5.41, 5.74) is 18.5. The Labute approximate surface area is 471 Å². The number of anilines is 5. The van der Waals surface area contributed by atoms with E-state index in [-0.39, 0.29) is 6.04 Å². The lowest BCUT2D eigenvalue weighted by Crippen LogP contribution is -2.30. The van der Waals surface area contributed by atoms with E-state index in [2.05, 4.69) is 320 Å². The number of nitrogens with zero attached hydrogens (tertiary/aromatic N) is 2. The van der Waals surface area contributed by atoms with E-state index in [0.717, 1.165) is 80.2 Å². The minimum absolute atomic E-state index is 0.123. The van der Waals surface area contributed by atoms with Gasteiger partial charge in [0.05, 0.1) is 6.04 Å². The first-order chi connectivity index (χ1) is 39.1. The minimum Gasteiger partial charge on any atom is -0.334 e. The number of para-hydroxylation sites is 1. The highest BCUT2D eigenvalue weighted by Crippen LogP contribution is 2.39. The van der Waals surface area contributed by atoms with Gasteiger partial charge < -0.3 is 9.80 Å². The van der Waals surface area contributed by atoms with Gasteiger partial charge in [0.25, 0.3) is 0 Å². The zero-order valence-corrected chi connectivity index (χ0v) is 45.1. The van der Waals surface area contributed by atoms with Gasteiger partial charge in [-0.1, -0.05) is 250 Å². The summed E-state index contributed by atoms with van der Waals surface area (Å²) in [5.74, 6) is 0.441. The zero-order valence-electron chi connectivity index (χ0n) is 44.3. The molecule has 2 unspecified atom stereocenters. The van der Waals surface area contributed by atoms with Crippen molar-refractivity contribution in [3.05, 3.63) is 349 Å². The molecule has 2 aliphatic carbocycles. The number of allylic oxidation sites excluding steroid dienone is 14. The highest BCUT2D eigenvalue weighted by Gasteiger charge is 2.22. The van der Waals surface area contributed by atoms with Crippen molar-refractivity contribution in [1.82, 2.24) is 0 Å². The van der Waals surface area contributed by atoms with Gasteiger partial charge in [0.2, 0.25) is 0 Å². The van der Waals surface area contributed by atoms with Gasteiger partial charge in [-0.05, 0) is 153 Å². The van der Waals surface area contributed by atoms with Gasteiger partial charge in [-0.2, -0.15) is 0 Å². The second-order valence-corrected chi connectivity index (χ2v) is 20.8. The van der Waals surface area contributed by atoms with E-state index in [1.54, 1.807) is 11.3 Å². The molecule has 8 aromatic carbocycles. The van der Waals surface area contributed by atoms with Gasteiger partial charge in [-0.25, -0.2) is 0 Å². The third-order valence-corrected chi connectivity index (χ3v) is 15.7. The topological polar surface area (TPSA) is 6.48 Å². The van der Waals surface area contributed by atoms with Crippen molar-refractivity contribution in [2.24, 2.45) is 0 Å². The maximum atomic E-state index is 4.16. The molecule has 0 saturated carbocycles. The van der Waals surface area contributed by atoms with Crippen LogP contribution in [0.4, 0.5) is 28.4 Å². The summed E-state index contributed by atoms with van der Waals surface area (Å²) >= 11 is 1.79. The van der Waals surface area contributed by atoms with Crippen LogP contribution in [0.15, 0.2) is 317 Å². The van der Waals surface area contributed by atoms with E-state index in [9.17, 15) is 0 Å². The molecule has 3 heteroatoms. The van der Waals surface area contributed by atoms with Crippen molar-refractivity contribution in [1.29, 1.82) is 0 Å². The fourth-order valence-corrected chi connectivity index (χ4v) is 11.3. The van der Waals surface area contributed by atoms with E-state index in [4.69, 9.17) is 0 Å². The van der Waals surface area contributed by atoms with Gasteiger partial charge in [0.1, 0.15) is 0 Å². The van der Waals surface area contributed by atoms with Crippen LogP contribution in [0.2, 0.25) is 0 Å². The monoisotopic (exact) mass is 1030 g/mol. The zero-order chi connectivity index (χ0) is 53.6. The van der Waals surface area contributed by atoms with Gasteiger partial charge in [-0.15, -0.1) is 11.3 Å². The molecule has 11 rings (SSSR count). The molecule has 1 heterocycles. The lowest BCUT2D eigenvalue weighted by molar-refractivity contribution is 0.787. The van der Waals surface area contributed by atoms with Crippen LogP contribution in [0.3, 0.4) is 0 Å². The predicted octanol–water partition coefficient (Wildman–Crippen LogP) is 21.3. The molecule has 2 atom stereocenters. The molecule has 382 valence electrons. The van der Waals surface area contributed by atoms with Crippen LogP contribution in [0.1, 0.15) is 51.5 Å². The van der Waals surface area contributed by atoms with E-state index in [1.807, 2.05) is 18.2 Å². The Morgan fingerprint density at radius 2 is 1.00 bits per heavy atom. The molecule has 0 spiro atoms. The number of thiophene rings is 1. The first-order valence-corrected chi connectivity index (χ1v) is 28.0. The summed E-state index contributed by atoms with van der Waals surface area (Å²) < 4.78 is 0. The van der Waals surface area contributed by atoms with Gasteiger partial charge in [0.15, 0.2) is 0 Å². The summed E-state index contributed by atoms with van der Waals surface area (Å²) in [4.78, 5) is 7.26. The molecule has 0 saturated heterocycles. The van der Waals surface area contributed by atoms with Crippen LogP contribution in [0.25, 0.3) is 50.4 Å². The Bertz CT molecular complexity index is 3750. The van der Waals surface area contributed by atoms with Gasteiger partial charge in [-0.3, -0.25) is 0 Å². The fourth-order valence-electron chi connectivity index (χ4n) is 10.4. The van der Waals surface area contributed by atoms with Crippen LogP contribution in [-0.4, -0.2) is 6.04 Å². The van der Waals surface area contributed by atoms with Gasteiger partial charge in [0, 0.05) is 44.1 Å². The molecule has 0 amide bonds. The second kappa shape index (κ2) is 25.1. The Kier molecular flexibility index (Phi) is 16.4. The van der Waals surface area contributed by atoms with Crippen molar-refractivity contribution in [2.75, 3.05) is 9.80 Å². The average molecular weight is 1040 g/mol. The predicted molar refractivity (Wildman–Crippen MR) is 343 cm³/mol. The number of hydrogen-bond acceptors (Lipinski definition) is 3. The van der Waals surface area contributed by atoms with Crippen molar-refractivity contribution in [3.63, 3.8) is 0 Å². The second-order valence-electron chi connectivity index (χ2n) is 19.7. The van der Waals surface area contributed by atoms with Crippen LogP contribution >= 0.6 is 11.3 Å². The molecule has 0 radical (unpaired) electrons. The number of hydrogen-bond donors (Lipinski definition) is 0. The maximum absolute atomic E-state index is 4.16. The molecule has 0 aliphatic heterocycles. The van der Waals surface area contributed by atoms with E-state index in [1.165, 1.54) is 32.0 Å². The van der Waals surface area contributed by atoms with Crippen molar-refractivity contribution in [3.8, 4) is 21.6 Å². The summed E-state index contributed by atoms with van der Waals surface area (Å²) in [5, 5.41) is 0. The number of rotatable bonds is 18. The molecule has 1 aromatic heterocycles. The summed E-state index contributed by atoms with van der Waals surface area (Å²) in [6, 6.07) is 80.8. The molecule has 0 N–H and O–H groups in total. The maximum Gasteiger partial charge on any atom is 0.0560 e. The first-order valence-electron chi connectivity index (χ1n) is 27.2. The van der Waals surface area contributed by atoms with E-state index in [0.29, 0.717) is 5.92 Å². The van der Waals surface area contributed by atoms with Gasteiger partial charge >= 0.3 is 0 Å². The highest BCUT2D eigenvalue weighted by atomic mass is 32.1. The number of benzene rings is 8. The normalized spacial score (nSPS) is 15.3. The van der Waals surface area contributed by atoms with E-state index < -0.39 is 0 Å². The summed E-state index contributed by atoms with van der Waals surface area (Å²) in [6.07, 6.45) is 34.5. The summed E-state index contributed by atoms with van der Waals surface area (Å²) in [7, 11) is 0. The quantitative estimate of drug-likeness (QED) is 0.0790. The molecular formula is C76H62N2S. The molecule has 9 aromatic rings. The fraction of sp³-hybridized carbons (Fsp3) is 0.0526. The van der Waals surface area contributed by atoms with E-state index >= 15 is 0 Å². The first kappa shape index (κ1) is 51.6. The molecule has 0 fully saturated rings. The SMILES string of the molecule is C=C/C(=C\C=C\c1ccc(N(c2ccc(-c3ccc(N(c4ccccc4)c4ccc(/C(C=C)=C/C=C/c5ccc(-c6ccccc6)s5)cc4)cc3)cc2)C2C=CC(c3ccc(C4C=CC=CC4)cc3)=CC2)cc1)c1ccccc1. The Hall–Kier alpha value is -9.54. The largest absolute Gasteiger partial charge is 0.334 e. The molecule has 2 nitrogen and oxygen atoms in total. The van der Waals surface area contributed by atoms with Crippen molar-refractivity contribution in [2.45, 2.75) is 24.8 Å². The van der Waals surface area contributed by atoms with Crippen molar-refractivity contribution >= 4 is 68.6 Å². The lowest BCUT2D eigenvalue weighted by atomic mass is 9.90. The summed E-state index contributed by atoms with van der Waals surface area (Å²) in [6.45, 7) is 8.23. The van der Waals surface area contributed by atoms with Crippen LogP contribution in [0.5, 0.6) is 0 Å².